The first-order chi connectivity index (χ1) is 15.0. The fourth-order valence-corrected chi connectivity index (χ4v) is 2.02. The highest BCUT2D eigenvalue weighted by molar-refractivity contribution is 7.87. The van der Waals surface area contributed by atoms with Gasteiger partial charge in [-0.2, -0.15) is 96.2 Å². The second kappa shape index (κ2) is 8.36. The van der Waals surface area contributed by atoms with E-state index in [4.69, 9.17) is 0 Å². The van der Waals surface area contributed by atoms with Gasteiger partial charge in [-0.1, -0.05) is 3.89 Å². The molecule has 0 spiro atoms. The first-order valence-corrected chi connectivity index (χ1v) is 8.83. The zero-order valence-electron chi connectivity index (χ0n) is 14.9. The fourth-order valence-electron chi connectivity index (χ4n) is 1.58. The summed E-state index contributed by atoms with van der Waals surface area (Å²) in [5.74, 6) is -53.0. The molecule has 3 nitrogen and oxygen atoms in total. The van der Waals surface area contributed by atoms with E-state index in [2.05, 4.69) is 11.6 Å². The molecule has 0 aliphatic rings. The van der Waals surface area contributed by atoms with Crippen LogP contribution in [0.1, 0.15) is 0 Å². The van der Waals surface area contributed by atoms with Crippen molar-refractivity contribution in [2.24, 2.45) is 0 Å². The van der Waals surface area contributed by atoms with Crippen molar-refractivity contribution in [2.45, 2.75) is 58.4 Å². The van der Waals surface area contributed by atoms with Crippen LogP contribution < -0.4 is 0 Å². The molecule has 0 aromatic carbocycles. The Morgan fingerprint density at radius 3 is 0.944 bits per heavy atom. The summed E-state index contributed by atoms with van der Waals surface area (Å²) in [4.78, 5) is 0. The highest BCUT2D eigenvalue weighted by Crippen LogP contribution is 2.64. The molecule has 218 valence electrons. The summed E-state index contributed by atoms with van der Waals surface area (Å²) < 4.78 is 292. The summed E-state index contributed by atoms with van der Waals surface area (Å²) in [5, 5.41) is -14.8. The van der Waals surface area contributed by atoms with Gasteiger partial charge in [0.15, 0.2) is 0 Å². The summed E-state index contributed by atoms with van der Waals surface area (Å²) in [6.07, 6.45) is -16.5. The van der Waals surface area contributed by atoms with Crippen molar-refractivity contribution >= 4 is 21.8 Å². The fraction of sp³-hybridized carbons (Fsp3) is 1.00. The minimum absolute atomic E-state index is 0.962. The monoisotopic (exact) mass is 634 g/mol. The molecule has 0 saturated heterocycles. The van der Waals surface area contributed by atoms with Gasteiger partial charge in [-0.15, -0.1) is 0 Å². The molecule has 0 N–H and O–H groups in total. The van der Waals surface area contributed by atoms with Gasteiger partial charge in [0.1, 0.15) is 0 Å². The van der Waals surface area contributed by atoms with E-state index in [-0.39, 0.29) is 0 Å². The molecule has 0 unspecified atom stereocenters. The lowest BCUT2D eigenvalue weighted by Crippen LogP contribution is -2.75. The van der Waals surface area contributed by atoms with Crippen molar-refractivity contribution in [3.8, 4) is 0 Å². The van der Waals surface area contributed by atoms with Crippen LogP contribution in [0.2, 0.25) is 0 Å². The number of ether oxygens (including phenoxy) is 1. The molecule has 0 aliphatic carbocycles. The highest BCUT2D eigenvalue weighted by Gasteiger charge is 2.95. The van der Waals surface area contributed by atoms with Crippen LogP contribution in [0.4, 0.5) is 91.7 Å². The van der Waals surface area contributed by atoms with Crippen LogP contribution in [0, 0.1) is 0 Å². The first kappa shape index (κ1) is 34.7. The Kier molecular flexibility index (Phi) is 8.07. The van der Waals surface area contributed by atoms with E-state index in [1.165, 1.54) is 0 Å². The zero-order valence-corrected chi connectivity index (χ0v) is 16.5. The Hall–Kier alpha value is -1.27. The van der Waals surface area contributed by atoms with Crippen LogP contribution >= 0.6 is 11.6 Å². The van der Waals surface area contributed by atoms with Crippen molar-refractivity contribution in [3.05, 3.63) is 0 Å². The molecule has 0 aliphatic heterocycles. The second-order valence-corrected chi connectivity index (χ2v) is 7.90. The van der Waals surface area contributed by atoms with E-state index >= 15 is 0 Å². The molecule has 0 aromatic rings. The molecule has 0 atom stereocenters. The molecular formula is C10ClF21O3S. The molecule has 0 rings (SSSR count). The topological polar surface area (TPSA) is 43.4 Å². The van der Waals surface area contributed by atoms with Gasteiger partial charge in [0, 0.05) is 0 Å². The maximum Gasteiger partial charge on any atom is 0.464 e. The highest BCUT2D eigenvalue weighted by atomic mass is 35.5. The van der Waals surface area contributed by atoms with Gasteiger partial charge in [0.25, 0.3) is 0 Å². The lowest BCUT2D eigenvalue weighted by atomic mass is 9.91. The number of hydrogen-bond donors (Lipinski definition) is 0. The molecule has 0 amide bonds. The largest absolute Gasteiger partial charge is 0.464 e. The van der Waals surface area contributed by atoms with Crippen molar-refractivity contribution in [3.63, 3.8) is 0 Å². The van der Waals surface area contributed by atoms with E-state index in [0.717, 1.165) is 4.74 Å². The molecule has 0 fully saturated rings. The standard InChI is InChI=1S/C10ClF21O3S/c11-7(24,25)5(20,21)3(16,17)1(12,13)2(14,15)4(18,19)6(22,23)8(26,27)35-9(28,29)10(30,31)36(32,33)34. The average molecular weight is 635 g/mol. The number of halogens is 22. The van der Waals surface area contributed by atoms with Crippen LogP contribution in [0.15, 0.2) is 0 Å². The Morgan fingerprint density at radius 1 is 0.444 bits per heavy atom. The lowest BCUT2D eigenvalue weighted by Gasteiger charge is -2.43. The lowest BCUT2D eigenvalue weighted by molar-refractivity contribution is -0.503. The third-order valence-corrected chi connectivity index (χ3v) is 4.68. The summed E-state index contributed by atoms with van der Waals surface area (Å²) >= 11 is 3.24. The summed E-state index contributed by atoms with van der Waals surface area (Å²) in [7, 11) is -8.22. The van der Waals surface area contributed by atoms with E-state index in [1.54, 1.807) is 0 Å². The van der Waals surface area contributed by atoms with Crippen molar-refractivity contribution in [1.29, 1.82) is 0 Å². The van der Waals surface area contributed by atoms with Crippen LogP contribution in [0.25, 0.3) is 0 Å². The smallest absolute Gasteiger partial charge is 0.244 e. The number of rotatable bonds is 11. The minimum Gasteiger partial charge on any atom is -0.244 e. The van der Waals surface area contributed by atoms with Crippen molar-refractivity contribution in [1.82, 2.24) is 0 Å². The van der Waals surface area contributed by atoms with Gasteiger partial charge in [-0.05, 0) is 11.6 Å². The van der Waals surface area contributed by atoms with Gasteiger partial charge < -0.3 is 0 Å². The molecule has 0 aromatic heterocycles. The average Bonchev–Trinajstić information content (AvgIpc) is 2.57. The predicted molar refractivity (Wildman–Crippen MR) is 66.4 cm³/mol. The zero-order chi connectivity index (χ0) is 30.2. The van der Waals surface area contributed by atoms with E-state index in [1.807, 2.05) is 0 Å². The second-order valence-electron chi connectivity index (χ2n) is 6.03. The molecule has 0 saturated carbocycles. The summed E-state index contributed by atoms with van der Waals surface area (Å²) in [6.45, 7) is 0. The maximum atomic E-state index is 13.3. The third-order valence-electron chi connectivity index (χ3n) is 3.59. The Bertz CT molecular complexity index is 934. The molecular weight excluding hydrogens is 635 g/mol. The number of alkyl halides is 21. The normalized spacial score (nSPS) is 16.9. The minimum atomic E-state index is -9.14. The van der Waals surface area contributed by atoms with Crippen molar-refractivity contribution in [2.75, 3.05) is 0 Å². The van der Waals surface area contributed by atoms with Gasteiger partial charge in [0.05, 0.1) is 0 Å². The first-order valence-electron chi connectivity index (χ1n) is 7.07. The van der Waals surface area contributed by atoms with Crippen LogP contribution in [0.5, 0.6) is 0 Å². The molecule has 0 bridgehead atoms. The summed E-state index contributed by atoms with van der Waals surface area (Å²) in [5.41, 5.74) is 0. The Labute approximate surface area is 186 Å². The number of hydrogen-bond acceptors (Lipinski definition) is 3. The molecule has 0 heterocycles. The maximum absolute atomic E-state index is 13.3. The van der Waals surface area contributed by atoms with Gasteiger partial charge in [-0.25, -0.2) is 4.74 Å². The molecule has 36 heavy (non-hydrogen) atoms. The van der Waals surface area contributed by atoms with E-state index < -0.39 is 68.6 Å². The third kappa shape index (κ3) is 4.48. The van der Waals surface area contributed by atoms with Gasteiger partial charge in [0.2, 0.25) is 0 Å². The SMILES string of the molecule is O=S(=O)(F)C(F)(F)C(F)(F)OC(F)(F)C(F)(F)C(F)(F)C(F)(F)C(F)(F)C(F)(F)C(F)(F)C(F)(F)Cl. The Balaban J connectivity index is 6.91. The quantitative estimate of drug-likeness (QED) is 0.144. The van der Waals surface area contributed by atoms with E-state index in [9.17, 15) is 100 Å². The van der Waals surface area contributed by atoms with Crippen LogP contribution in [-0.4, -0.2) is 66.8 Å². The summed E-state index contributed by atoms with van der Waals surface area (Å²) in [6, 6.07) is 0. The van der Waals surface area contributed by atoms with Crippen molar-refractivity contribution < 1.29 is 105 Å². The molecule has 0 radical (unpaired) electrons. The predicted octanol–water partition coefficient (Wildman–Crippen LogP) is 6.72. The van der Waals surface area contributed by atoms with Crippen LogP contribution in [0.3, 0.4) is 0 Å². The van der Waals surface area contributed by atoms with Gasteiger partial charge >= 0.3 is 68.6 Å². The van der Waals surface area contributed by atoms with E-state index in [0.29, 0.717) is 0 Å². The molecule has 26 heteroatoms. The van der Waals surface area contributed by atoms with Gasteiger partial charge in [-0.3, -0.25) is 0 Å². The Morgan fingerprint density at radius 2 is 0.694 bits per heavy atom. The van der Waals surface area contributed by atoms with Crippen LogP contribution in [-0.2, 0) is 15.0 Å².